The number of carbonyl (C=O) groups is 2. The van der Waals surface area contributed by atoms with Gasteiger partial charge in [0.2, 0.25) is 0 Å². The Morgan fingerprint density at radius 1 is 0.971 bits per heavy atom. The van der Waals surface area contributed by atoms with Crippen molar-refractivity contribution in [3.05, 3.63) is 53.8 Å². The Kier molecular flexibility index (Phi) is 5.29. The number of rotatable bonds is 5. The lowest BCUT2D eigenvalue weighted by molar-refractivity contribution is -0.192. The van der Waals surface area contributed by atoms with Crippen LogP contribution in [0.5, 0.6) is 11.5 Å². The molecule has 35 heavy (non-hydrogen) atoms. The highest BCUT2D eigenvalue weighted by molar-refractivity contribution is 6.31. The predicted octanol–water partition coefficient (Wildman–Crippen LogP) is 3.02. The molecule has 3 aliphatic heterocycles. The van der Waals surface area contributed by atoms with Crippen molar-refractivity contribution in [3.8, 4) is 11.5 Å². The first-order chi connectivity index (χ1) is 17.0. The summed E-state index contributed by atoms with van der Waals surface area (Å²) in [5.41, 5.74) is 3.94. The molecule has 9 heteroatoms. The Bertz CT molecular complexity index is 1280. The molecule has 4 heterocycles. The molecule has 0 saturated carbocycles. The van der Waals surface area contributed by atoms with Crippen LogP contribution in [0.1, 0.15) is 17.5 Å². The highest BCUT2D eigenvalue weighted by Gasteiger charge is 2.56. The van der Waals surface area contributed by atoms with Crippen LogP contribution in [-0.2, 0) is 25.5 Å². The highest BCUT2D eigenvalue weighted by atomic mass is 16.8. The molecule has 2 saturated heterocycles. The molecule has 0 amide bonds. The number of ether oxygens (including phenoxy) is 4. The molecule has 6 rings (SSSR count). The van der Waals surface area contributed by atoms with E-state index in [0.717, 1.165) is 25.0 Å². The average molecular weight is 479 g/mol. The summed E-state index contributed by atoms with van der Waals surface area (Å²) in [6, 6.07) is 11.6. The van der Waals surface area contributed by atoms with E-state index in [0.29, 0.717) is 43.5 Å². The van der Waals surface area contributed by atoms with Gasteiger partial charge < -0.3 is 23.4 Å². The number of hydrogen-bond donors (Lipinski definition) is 0. The fraction of sp³-hybridized carbons (Fsp3) is 0.385. The number of aryl methyl sites for hydroxylation is 2. The lowest BCUT2D eigenvalue weighted by Crippen LogP contribution is -2.64. The fourth-order valence-corrected chi connectivity index (χ4v) is 5.21. The SMILES string of the molecule is Cc1cccc2occ(CCCN3CCN(c4cccc5c4OCCO5)C4(C3)OC(=O)C(=O)O4)c12. The van der Waals surface area contributed by atoms with Crippen LogP contribution in [0, 0.1) is 6.92 Å². The van der Waals surface area contributed by atoms with Gasteiger partial charge in [-0.25, -0.2) is 9.59 Å². The second-order valence-electron chi connectivity index (χ2n) is 9.03. The predicted molar refractivity (Wildman–Crippen MR) is 125 cm³/mol. The summed E-state index contributed by atoms with van der Waals surface area (Å²) in [7, 11) is 0. The molecule has 2 aromatic carbocycles. The molecule has 1 aromatic heterocycles. The summed E-state index contributed by atoms with van der Waals surface area (Å²) in [4.78, 5) is 28.2. The summed E-state index contributed by atoms with van der Waals surface area (Å²) in [5, 5.41) is 1.17. The number of fused-ring (bicyclic) bond motifs is 2. The number of carbonyl (C=O) groups excluding carboxylic acids is 2. The van der Waals surface area contributed by atoms with Crippen molar-refractivity contribution in [2.24, 2.45) is 0 Å². The van der Waals surface area contributed by atoms with E-state index in [-0.39, 0.29) is 6.54 Å². The zero-order chi connectivity index (χ0) is 24.0. The fourth-order valence-electron chi connectivity index (χ4n) is 5.21. The Morgan fingerprint density at radius 2 is 1.77 bits per heavy atom. The maximum atomic E-state index is 12.1. The first kappa shape index (κ1) is 21.8. The molecular formula is C26H26N2O7. The largest absolute Gasteiger partial charge is 0.486 e. The summed E-state index contributed by atoms with van der Waals surface area (Å²) in [5.74, 6) is -2.34. The summed E-state index contributed by atoms with van der Waals surface area (Å²) < 4.78 is 28.5. The van der Waals surface area contributed by atoms with Crippen molar-refractivity contribution in [1.82, 2.24) is 4.90 Å². The molecule has 0 radical (unpaired) electrons. The maximum Gasteiger partial charge on any atom is 0.422 e. The average Bonchev–Trinajstić information content (AvgIpc) is 3.40. The third-order valence-corrected chi connectivity index (χ3v) is 6.79. The smallest absolute Gasteiger partial charge is 0.422 e. The summed E-state index contributed by atoms with van der Waals surface area (Å²) in [6.07, 6.45) is 3.55. The number of furan rings is 1. The van der Waals surface area contributed by atoms with Crippen molar-refractivity contribution in [2.75, 3.05) is 44.3 Å². The van der Waals surface area contributed by atoms with Gasteiger partial charge in [0.15, 0.2) is 11.5 Å². The van der Waals surface area contributed by atoms with E-state index in [1.807, 2.05) is 36.6 Å². The molecule has 182 valence electrons. The zero-order valence-electron chi connectivity index (χ0n) is 19.5. The standard InChI is InChI=1S/C26H26N2O7/c1-17-5-2-8-20-22(17)18(15-33-20)6-4-10-27-11-12-28(26(16-27)34-24(29)25(30)35-26)19-7-3-9-21-23(19)32-14-13-31-21/h2-3,5,7-9,15H,4,6,10-14,16H2,1H3. The summed E-state index contributed by atoms with van der Waals surface area (Å²) in [6.45, 7) is 5.13. The maximum absolute atomic E-state index is 12.1. The van der Waals surface area contributed by atoms with Gasteiger partial charge in [-0.2, -0.15) is 0 Å². The van der Waals surface area contributed by atoms with E-state index in [1.54, 1.807) is 4.90 Å². The number of hydrogen-bond acceptors (Lipinski definition) is 9. The minimum atomic E-state index is -1.54. The second kappa shape index (κ2) is 8.49. The first-order valence-electron chi connectivity index (χ1n) is 11.8. The van der Waals surface area contributed by atoms with E-state index in [4.69, 9.17) is 23.4 Å². The summed E-state index contributed by atoms with van der Waals surface area (Å²) >= 11 is 0. The van der Waals surface area contributed by atoms with Crippen LogP contribution < -0.4 is 14.4 Å². The lowest BCUT2D eigenvalue weighted by Gasteiger charge is -2.46. The van der Waals surface area contributed by atoms with Gasteiger partial charge >= 0.3 is 17.8 Å². The topological polar surface area (TPSA) is 90.7 Å². The Labute approximate surface area is 202 Å². The van der Waals surface area contributed by atoms with Crippen LogP contribution in [-0.4, -0.2) is 62.1 Å². The molecule has 0 N–H and O–H groups in total. The van der Waals surface area contributed by atoms with Crippen molar-refractivity contribution >= 4 is 28.6 Å². The van der Waals surface area contributed by atoms with Crippen LogP contribution >= 0.6 is 0 Å². The molecular weight excluding hydrogens is 452 g/mol. The minimum absolute atomic E-state index is 0.236. The number of para-hydroxylation sites is 1. The Hall–Kier alpha value is -3.72. The molecule has 9 nitrogen and oxygen atoms in total. The van der Waals surface area contributed by atoms with Gasteiger partial charge in [-0.1, -0.05) is 18.2 Å². The van der Waals surface area contributed by atoms with Crippen LogP contribution in [0.2, 0.25) is 0 Å². The molecule has 2 fully saturated rings. The van der Waals surface area contributed by atoms with E-state index in [1.165, 1.54) is 16.5 Å². The van der Waals surface area contributed by atoms with E-state index < -0.39 is 17.8 Å². The third kappa shape index (κ3) is 3.76. The Balaban J connectivity index is 1.21. The Morgan fingerprint density at radius 3 is 2.63 bits per heavy atom. The number of benzene rings is 2. The first-order valence-corrected chi connectivity index (χ1v) is 11.8. The lowest BCUT2D eigenvalue weighted by atomic mass is 10.0. The number of anilines is 1. The van der Waals surface area contributed by atoms with Crippen LogP contribution in [0.4, 0.5) is 5.69 Å². The van der Waals surface area contributed by atoms with E-state index in [2.05, 4.69) is 17.9 Å². The van der Waals surface area contributed by atoms with Gasteiger partial charge in [0.25, 0.3) is 0 Å². The monoisotopic (exact) mass is 478 g/mol. The molecule has 3 aliphatic rings. The minimum Gasteiger partial charge on any atom is -0.486 e. The third-order valence-electron chi connectivity index (χ3n) is 6.79. The molecule has 1 spiro atoms. The van der Waals surface area contributed by atoms with Gasteiger partial charge in [-0.3, -0.25) is 9.80 Å². The van der Waals surface area contributed by atoms with Gasteiger partial charge in [0.1, 0.15) is 18.8 Å². The molecule has 0 atom stereocenters. The van der Waals surface area contributed by atoms with Crippen LogP contribution in [0.3, 0.4) is 0 Å². The molecule has 0 bridgehead atoms. The number of esters is 2. The van der Waals surface area contributed by atoms with Gasteiger partial charge in [0.05, 0.1) is 18.5 Å². The van der Waals surface area contributed by atoms with Gasteiger partial charge in [0, 0.05) is 18.5 Å². The van der Waals surface area contributed by atoms with E-state index in [9.17, 15) is 9.59 Å². The van der Waals surface area contributed by atoms with Crippen molar-refractivity contribution in [1.29, 1.82) is 0 Å². The highest BCUT2D eigenvalue weighted by Crippen LogP contribution is 2.44. The molecule has 0 aliphatic carbocycles. The van der Waals surface area contributed by atoms with Crippen molar-refractivity contribution in [3.63, 3.8) is 0 Å². The second-order valence-corrected chi connectivity index (χ2v) is 9.03. The quantitative estimate of drug-likeness (QED) is 0.405. The molecule has 3 aromatic rings. The van der Waals surface area contributed by atoms with Crippen LogP contribution in [0.25, 0.3) is 11.0 Å². The van der Waals surface area contributed by atoms with Gasteiger partial charge in [-0.15, -0.1) is 0 Å². The van der Waals surface area contributed by atoms with Crippen molar-refractivity contribution in [2.45, 2.75) is 25.7 Å². The number of nitrogens with zero attached hydrogens (tertiary/aromatic N) is 2. The normalized spacial score (nSPS) is 19.3. The molecule has 0 unspecified atom stereocenters. The number of piperazine rings is 1. The van der Waals surface area contributed by atoms with Crippen LogP contribution in [0.15, 0.2) is 47.1 Å². The van der Waals surface area contributed by atoms with E-state index >= 15 is 0 Å². The zero-order valence-corrected chi connectivity index (χ0v) is 19.5. The van der Waals surface area contributed by atoms with Gasteiger partial charge in [-0.05, 0) is 55.6 Å². The van der Waals surface area contributed by atoms with Crippen molar-refractivity contribution < 1.29 is 33.0 Å².